The average Bonchev–Trinajstić information content (AvgIpc) is 2.62. The summed E-state index contributed by atoms with van der Waals surface area (Å²) in [7, 11) is -3.60. The number of carbonyl (C=O) groups excluding carboxylic acids is 1. The number of amides is 1. The fraction of sp³-hybridized carbons (Fsp3) is 0.235. The number of nitrogens with two attached hydrogens (primary N) is 1. The molecule has 2 N–H and O–H groups in total. The Bertz CT molecular complexity index is 876. The summed E-state index contributed by atoms with van der Waals surface area (Å²) >= 11 is 6.21. The van der Waals surface area contributed by atoms with Crippen LogP contribution in [0.3, 0.4) is 0 Å². The number of primary amides is 1. The van der Waals surface area contributed by atoms with Crippen LogP contribution < -0.4 is 10.6 Å². The van der Waals surface area contributed by atoms with Gasteiger partial charge in [0, 0.05) is 31.7 Å². The number of halogens is 1. The van der Waals surface area contributed by atoms with Crippen LogP contribution in [0, 0.1) is 0 Å². The van der Waals surface area contributed by atoms with E-state index in [4.69, 9.17) is 17.3 Å². The molecule has 3 rings (SSSR count). The van der Waals surface area contributed by atoms with Gasteiger partial charge in [-0.2, -0.15) is 4.31 Å². The van der Waals surface area contributed by atoms with E-state index >= 15 is 0 Å². The zero-order valence-electron chi connectivity index (χ0n) is 13.4. The first-order chi connectivity index (χ1) is 11.9. The van der Waals surface area contributed by atoms with E-state index in [1.54, 1.807) is 0 Å². The summed E-state index contributed by atoms with van der Waals surface area (Å²) in [6.07, 6.45) is 0. The number of rotatable bonds is 4. The van der Waals surface area contributed by atoms with Gasteiger partial charge in [-0.15, -0.1) is 0 Å². The Morgan fingerprint density at radius 2 is 1.56 bits per heavy atom. The Morgan fingerprint density at radius 1 is 0.960 bits per heavy atom. The Kier molecular flexibility index (Phi) is 4.99. The summed E-state index contributed by atoms with van der Waals surface area (Å²) in [5.74, 6) is -0.586. The molecule has 0 radical (unpaired) electrons. The van der Waals surface area contributed by atoms with Crippen molar-refractivity contribution in [1.82, 2.24) is 4.31 Å². The van der Waals surface area contributed by atoms with Crippen LogP contribution in [0.15, 0.2) is 53.4 Å². The second-order valence-electron chi connectivity index (χ2n) is 5.73. The molecule has 1 aliphatic rings. The van der Waals surface area contributed by atoms with Crippen LogP contribution in [-0.4, -0.2) is 44.8 Å². The number of anilines is 1. The van der Waals surface area contributed by atoms with E-state index in [1.807, 2.05) is 24.3 Å². The van der Waals surface area contributed by atoms with E-state index in [-0.39, 0.29) is 10.5 Å². The van der Waals surface area contributed by atoms with Crippen molar-refractivity contribution < 1.29 is 13.2 Å². The van der Waals surface area contributed by atoms with E-state index < -0.39 is 15.9 Å². The van der Waals surface area contributed by atoms with Crippen LogP contribution in [-0.2, 0) is 10.0 Å². The first-order valence-corrected chi connectivity index (χ1v) is 9.61. The minimum atomic E-state index is -3.60. The molecule has 0 aliphatic carbocycles. The molecule has 1 fully saturated rings. The predicted molar refractivity (Wildman–Crippen MR) is 97.4 cm³/mol. The van der Waals surface area contributed by atoms with Gasteiger partial charge in [0.15, 0.2) is 0 Å². The smallest absolute Gasteiger partial charge is 0.248 e. The molecule has 1 aliphatic heterocycles. The topological polar surface area (TPSA) is 83.7 Å². The van der Waals surface area contributed by atoms with E-state index in [0.29, 0.717) is 31.2 Å². The Labute approximate surface area is 151 Å². The molecule has 0 bridgehead atoms. The van der Waals surface area contributed by atoms with Crippen LogP contribution in [0.25, 0.3) is 0 Å². The highest BCUT2D eigenvalue weighted by Gasteiger charge is 2.29. The van der Waals surface area contributed by atoms with Crippen LogP contribution in [0.5, 0.6) is 0 Å². The van der Waals surface area contributed by atoms with Crippen molar-refractivity contribution in [3.05, 3.63) is 59.1 Å². The van der Waals surface area contributed by atoms with Gasteiger partial charge in [-0.3, -0.25) is 4.79 Å². The monoisotopic (exact) mass is 379 g/mol. The number of hydrogen-bond acceptors (Lipinski definition) is 4. The molecular weight excluding hydrogens is 362 g/mol. The third-order valence-corrected chi connectivity index (χ3v) is 6.44. The fourth-order valence-electron chi connectivity index (χ4n) is 2.82. The summed E-state index contributed by atoms with van der Waals surface area (Å²) < 4.78 is 26.9. The molecule has 1 saturated heterocycles. The molecule has 0 atom stereocenters. The molecule has 0 saturated carbocycles. The Morgan fingerprint density at radius 3 is 2.12 bits per heavy atom. The van der Waals surface area contributed by atoms with Gasteiger partial charge in [-0.05, 0) is 36.4 Å². The van der Waals surface area contributed by atoms with Crippen LogP contribution in [0.4, 0.5) is 5.69 Å². The zero-order valence-corrected chi connectivity index (χ0v) is 15.0. The normalized spacial score (nSPS) is 16.0. The third kappa shape index (κ3) is 3.63. The molecule has 0 spiro atoms. The lowest BCUT2D eigenvalue weighted by Gasteiger charge is -2.35. The first-order valence-electron chi connectivity index (χ1n) is 7.79. The predicted octanol–water partition coefficient (Wildman–Crippen LogP) is 1.95. The summed E-state index contributed by atoms with van der Waals surface area (Å²) in [4.78, 5) is 13.3. The van der Waals surface area contributed by atoms with Crippen molar-refractivity contribution in [2.45, 2.75) is 4.90 Å². The number of nitrogens with zero attached hydrogens (tertiary/aromatic N) is 2. The maximum atomic E-state index is 12.7. The Hall–Kier alpha value is -2.09. The van der Waals surface area contributed by atoms with Gasteiger partial charge in [0.25, 0.3) is 0 Å². The lowest BCUT2D eigenvalue weighted by Crippen LogP contribution is -2.48. The van der Waals surface area contributed by atoms with Crippen molar-refractivity contribution in [2.75, 3.05) is 31.1 Å². The average molecular weight is 380 g/mol. The van der Waals surface area contributed by atoms with E-state index in [2.05, 4.69) is 4.90 Å². The van der Waals surface area contributed by atoms with Gasteiger partial charge >= 0.3 is 0 Å². The van der Waals surface area contributed by atoms with Crippen molar-refractivity contribution >= 4 is 33.2 Å². The molecule has 1 heterocycles. The highest BCUT2D eigenvalue weighted by Crippen LogP contribution is 2.27. The fourth-order valence-corrected chi connectivity index (χ4v) is 4.50. The molecule has 2 aromatic rings. The maximum absolute atomic E-state index is 12.7. The largest absolute Gasteiger partial charge is 0.368 e. The lowest BCUT2D eigenvalue weighted by atomic mass is 10.2. The molecule has 6 nitrogen and oxygen atoms in total. The standard InChI is InChI=1S/C17H18ClN3O3S/c18-15-3-1-2-4-16(15)20-9-11-21(12-10-20)25(23,24)14-7-5-13(6-8-14)17(19)22/h1-8H,9-12H2,(H2,19,22). The van der Waals surface area contributed by atoms with Gasteiger partial charge < -0.3 is 10.6 Å². The summed E-state index contributed by atoms with van der Waals surface area (Å²) in [6.45, 7) is 1.85. The van der Waals surface area contributed by atoms with Crippen molar-refractivity contribution in [3.8, 4) is 0 Å². The second-order valence-corrected chi connectivity index (χ2v) is 8.08. The highest BCUT2D eigenvalue weighted by molar-refractivity contribution is 7.89. The van der Waals surface area contributed by atoms with E-state index in [1.165, 1.54) is 28.6 Å². The van der Waals surface area contributed by atoms with Crippen molar-refractivity contribution in [3.63, 3.8) is 0 Å². The van der Waals surface area contributed by atoms with Gasteiger partial charge in [0.2, 0.25) is 15.9 Å². The second kappa shape index (κ2) is 7.03. The molecule has 8 heteroatoms. The zero-order chi connectivity index (χ0) is 18.0. The number of benzene rings is 2. The van der Waals surface area contributed by atoms with Crippen LogP contribution in [0.2, 0.25) is 5.02 Å². The number of piperazine rings is 1. The number of sulfonamides is 1. The number of para-hydroxylation sites is 1. The number of carbonyl (C=O) groups is 1. The molecule has 25 heavy (non-hydrogen) atoms. The highest BCUT2D eigenvalue weighted by atomic mass is 35.5. The van der Waals surface area contributed by atoms with Gasteiger partial charge in [0.05, 0.1) is 15.6 Å². The van der Waals surface area contributed by atoms with E-state index in [0.717, 1.165) is 5.69 Å². The van der Waals surface area contributed by atoms with Gasteiger partial charge in [0.1, 0.15) is 0 Å². The summed E-state index contributed by atoms with van der Waals surface area (Å²) in [6, 6.07) is 13.2. The van der Waals surface area contributed by atoms with Crippen LogP contribution >= 0.6 is 11.6 Å². The van der Waals surface area contributed by atoms with Gasteiger partial charge in [-0.25, -0.2) is 8.42 Å². The molecule has 2 aromatic carbocycles. The van der Waals surface area contributed by atoms with Crippen molar-refractivity contribution in [1.29, 1.82) is 0 Å². The molecular formula is C17H18ClN3O3S. The summed E-state index contributed by atoms with van der Waals surface area (Å²) in [5.41, 5.74) is 6.37. The molecule has 1 amide bonds. The SMILES string of the molecule is NC(=O)c1ccc(S(=O)(=O)N2CCN(c3ccccc3Cl)CC2)cc1. The third-order valence-electron chi connectivity index (χ3n) is 4.21. The molecule has 0 unspecified atom stereocenters. The van der Waals surface area contributed by atoms with Gasteiger partial charge in [-0.1, -0.05) is 23.7 Å². The summed E-state index contributed by atoms with van der Waals surface area (Å²) in [5, 5.41) is 0.654. The molecule has 0 aromatic heterocycles. The Balaban J connectivity index is 1.73. The lowest BCUT2D eigenvalue weighted by molar-refractivity contribution is 0.1000. The quantitative estimate of drug-likeness (QED) is 0.880. The first kappa shape index (κ1) is 17.7. The van der Waals surface area contributed by atoms with Crippen LogP contribution in [0.1, 0.15) is 10.4 Å². The minimum absolute atomic E-state index is 0.156. The van der Waals surface area contributed by atoms with Crippen molar-refractivity contribution in [2.24, 2.45) is 5.73 Å². The van der Waals surface area contributed by atoms with E-state index in [9.17, 15) is 13.2 Å². The molecule has 132 valence electrons. The maximum Gasteiger partial charge on any atom is 0.248 e. The number of hydrogen-bond donors (Lipinski definition) is 1. The minimum Gasteiger partial charge on any atom is -0.368 e.